The number of ketones is 1. The van der Waals surface area contributed by atoms with Gasteiger partial charge in [-0.2, -0.15) is 5.26 Å². The van der Waals surface area contributed by atoms with Crippen LogP contribution in [-0.2, 0) is 12.8 Å². The van der Waals surface area contributed by atoms with Crippen molar-refractivity contribution in [3.05, 3.63) is 67.6 Å². The molecule has 1 aromatic carbocycles. The lowest BCUT2D eigenvalue weighted by Crippen LogP contribution is -2.20. The number of fused-ring (bicyclic) bond motifs is 3. The zero-order valence-corrected chi connectivity index (χ0v) is 18.6. The first-order chi connectivity index (χ1) is 15.5. The van der Waals surface area contributed by atoms with E-state index in [0.717, 1.165) is 36.1 Å². The van der Waals surface area contributed by atoms with Crippen molar-refractivity contribution in [1.29, 1.82) is 5.26 Å². The minimum Gasteiger partial charge on any atom is -0.308 e. The van der Waals surface area contributed by atoms with Crippen molar-refractivity contribution < 1.29 is 4.79 Å². The van der Waals surface area contributed by atoms with Crippen LogP contribution >= 0.6 is 22.9 Å². The minimum atomic E-state index is -1.33. The van der Waals surface area contributed by atoms with Crippen molar-refractivity contribution >= 4 is 38.9 Å². The SMILES string of the molecule is Cc1nc(C(=O)C(C#N)c2nc3sc4c(c3c(=O)[nH]2)CCCC4)nn1-c1ccccc1Cl. The number of benzene rings is 1. The van der Waals surface area contributed by atoms with Gasteiger partial charge in [-0.15, -0.1) is 16.4 Å². The second-order valence-corrected chi connectivity index (χ2v) is 9.11. The van der Waals surface area contributed by atoms with Crippen molar-refractivity contribution in [2.75, 3.05) is 0 Å². The Morgan fingerprint density at radius 1 is 1.28 bits per heavy atom. The number of hydrogen-bond donors (Lipinski definition) is 1. The van der Waals surface area contributed by atoms with Crippen molar-refractivity contribution in [3.63, 3.8) is 0 Å². The first kappa shape index (κ1) is 20.5. The third-order valence-electron chi connectivity index (χ3n) is 5.58. The highest BCUT2D eigenvalue weighted by molar-refractivity contribution is 7.18. The van der Waals surface area contributed by atoms with Gasteiger partial charge >= 0.3 is 0 Å². The zero-order valence-electron chi connectivity index (χ0n) is 17.1. The van der Waals surface area contributed by atoms with E-state index in [1.54, 1.807) is 31.2 Å². The number of hydrogen-bond acceptors (Lipinski definition) is 7. The molecule has 0 aliphatic heterocycles. The fourth-order valence-electron chi connectivity index (χ4n) is 4.04. The zero-order chi connectivity index (χ0) is 22.4. The van der Waals surface area contributed by atoms with Crippen LogP contribution in [0.25, 0.3) is 15.9 Å². The fourth-order valence-corrected chi connectivity index (χ4v) is 5.52. The number of halogens is 1. The lowest BCUT2D eigenvalue weighted by molar-refractivity contribution is 0.0966. The van der Waals surface area contributed by atoms with Crippen molar-refractivity contribution in [2.45, 2.75) is 38.5 Å². The molecule has 0 radical (unpaired) electrons. The molecule has 5 rings (SSSR count). The average Bonchev–Trinajstić information content (AvgIpc) is 3.35. The van der Waals surface area contributed by atoms with E-state index >= 15 is 0 Å². The van der Waals surface area contributed by atoms with E-state index in [0.29, 0.717) is 26.8 Å². The van der Waals surface area contributed by atoms with Crippen molar-refractivity contribution in [1.82, 2.24) is 24.7 Å². The van der Waals surface area contributed by atoms with Gasteiger partial charge in [0.2, 0.25) is 11.6 Å². The maximum atomic E-state index is 13.1. The number of carbonyl (C=O) groups excluding carboxylic acids is 1. The summed E-state index contributed by atoms with van der Waals surface area (Å²) in [5, 5.41) is 15.1. The molecule has 0 bridgehead atoms. The van der Waals surface area contributed by atoms with Gasteiger partial charge in [0.25, 0.3) is 5.56 Å². The molecule has 1 aliphatic rings. The normalized spacial score (nSPS) is 14.2. The van der Waals surface area contributed by atoms with Crippen LogP contribution in [0.15, 0.2) is 29.1 Å². The number of nitrogens with zero attached hydrogens (tertiary/aromatic N) is 5. The third-order valence-corrected chi connectivity index (χ3v) is 7.08. The standard InChI is InChI=1S/C22H17ClN6O2S/c1-11-25-20(28-29(11)15-8-4-3-7-14(15)23)18(30)13(10-24)19-26-21(31)17-12-6-2-5-9-16(12)32-22(17)27-19/h3-4,7-8,13H,2,5-6,9H2,1H3,(H,26,27,31). The molecule has 32 heavy (non-hydrogen) atoms. The molecule has 1 atom stereocenters. The van der Waals surface area contributed by atoms with Gasteiger partial charge in [0.1, 0.15) is 16.5 Å². The number of aryl methyl sites for hydroxylation is 3. The predicted molar refractivity (Wildman–Crippen MR) is 121 cm³/mol. The van der Waals surface area contributed by atoms with Crippen LogP contribution in [0.4, 0.5) is 0 Å². The van der Waals surface area contributed by atoms with E-state index in [1.165, 1.54) is 16.0 Å². The summed E-state index contributed by atoms with van der Waals surface area (Å²) in [5.74, 6) is -1.64. The second kappa shape index (κ2) is 7.97. The molecule has 1 N–H and O–H groups in total. The Kier molecular flexibility index (Phi) is 5.12. The largest absolute Gasteiger partial charge is 0.308 e. The van der Waals surface area contributed by atoms with Crippen LogP contribution in [0.2, 0.25) is 5.02 Å². The highest BCUT2D eigenvalue weighted by Gasteiger charge is 2.30. The summed E-state index contributed by atoms with van der Waals surface area (Å²) in [7, 11) is 0. The first-order valence-corrected chi connectivity index (χ1v) is 11.3. The number of rotatable bonds is 4. The van der Waals surface area contributed by atoms with E-state index in [4.69, 9.17) is 11.6 Å². The lowest BCUT2D eigenvalue weighted by atomic mass is 9.97. The summed E-state index contributed by atoms with van der Waals surface area (Å²) in [6.07, 6.45) is 3.90. The minimum absolute atomic E-state index is 0.0142. The average molecular weight is 465 g/mol. The van der Waals surface area contributed by atoms with E-state index < -0.39 is 11.7 Å². The quantitative estimate of drug-likeness (QED) is 0.458. The Hall–Kier alpha value is -3.35. The van der Waals surface area contributed by atoms with Gasteiger partial charge in [-0.05, 0) is 50.3 Å². The molecule has 0 fully saturated rings. The lowest BCUT2D eigenvalue weighted by Gasteiger charge is -2.09. The first-order valence-electron chi connectivity index (χ1n) is 10.1. The molecule has 0 saturated heterocycles. The highest BCUT2D eigenvalue weighted by atomic mass is 35.5. The Morgan fingerprint density at radius 3 is 2.84 bits per heavy atom. The van der Waals surface area contributed by atoms with Gasteiger partial charge in [0.15, 0.2) is 5.92 Å². The van der Waals surface area contributed by atoms with Gasteiger partial charge in [-0.3, -0.25) is 9.59 Å². The van der Waals surface area contributed by atoms with E-state index in [1.807, 2.05) is 6.07 Å². The molecule has 8 nitrogen and oxygen atoms in total. The van der Waals surface area contributed by atoms with Crippen LogP contribution in [0.5, 0.6) is 0 Å². The smallest absolute Gasteiger partial charge is 0.259 e. The number of nitriles is 1. The molecule has 10 heteroatoms. The molecule has 1 aliphatic carbocycles. The molecule has 3 aromatic heterocycles. The molecule has 1 unspecified atom stereocenters. The molecule has 160 valence electrons. The Balaban J connectivity index is 1.55. The summed E-state index contributed by atoms with van der Waals surface area (Å²) < 4.78 is 1.46. The Labute approximate surface area is 191 Å². The fraction of sp³-hybridized carbons (Fsp3) is 0.273. The van der Waals surface area contributed by atoms with Crippen LogP contribution < -0.4 is 5.56 Å². The maximum Gasteiger partial charge on any atom is 0.259 e. The van der Waals surface area contributed by atoms with Crippen molar-refractivity contribution in [2.24, 2.45) is 0 Å². The monoisotopic (exact) mass is 464 g/mol. The Morgan fingerprint density at radius 2 is 2.06 bits per heavy atom. The number of aromatic amines is 1. The van der Waals surface area contributed by atoms with E-state index in [2.05, 4.69) is 20.1 Å². The van der Waals surface area contributed by atoms with Gasteiger partial charge < -0.3 is 4.98 Å². The number of thiophene rings is 1. The number of aromatic nitrogens is 5. The van der Waals surface area contributed by atoms with E-state index in [-0.39, 0.29) is 17.2 Å². The van der Waals surface area contributed by atoms with Gasteiger partial charge in [0, 0.05) is 4.88 Å². The molecule has 0 amide bonds. The predicted octanol–water partition coefficient (Wildman–Crippen LogP) is 3.90. The molecular weight excluding hydrogens is 448 g/mol. The van der Waals surface area contributed by atoms with Gasteiger partial charge in [-0.25, -0.2) is 14.6 Å². The maximum absolute atomic E-state index is 13.1. The van der Waals surface area contributed by atoms with E-state index in [9.17, 15) is 14.9 Å². The highest BCUT2D eigenvalue weighted by Crippen LogP contribution is 2.34. The summed E-state index contributed by atoms with van der Waals surface area (Å²) in [5.41, 5.74) is 1.30. The number of Topliss-reactive ketones (excluding diaryl/α,β-unsaturated/α-hetero) is 1. The summed E-state index contributed by atoms with van der Waals surface area (Å²) >= 11 is 7.71. The number of para-hydroxylation sites is 1. The number of H-pyrrole nitrogens is 1. The van der Waals surface area contributed by atoms with Crippen LogP contribution in [-0.4, -0.2) is 30.5 Å². The van der Waals surface area contributed by atoms with Gasteiger partial charge in [0.05, 0.1) is 22.2 Å². The van der Waals surface area contributed by atoms with Crippen molar-refractivity contribution in [3.8, 4) is 11.8 Å². The topological polar surface area (TPSA) is 117 Å². The molecular formula is C22H17ClN6O2S. The molecule has 0 saturated carbocycles. The number of nitrogens with one attached hydrogen (secondary N) is 1. The summed E-state index contributed by atoms with van der Waals surface area (Å²) in [4.78, 5) is 39.1. The number of carbonyl (C=O) groups is 1. The third kappa shape index (κ3) is 3.32. The molecule has 3 heterocycles. The van der Waals surface area contributed by atoms with Crippen LogP contribution in [0, 0.1) is 18.3 Å². The van der Waals surface area contributed by atoms with Crippen LogP contribution in [0.3, 0.4) is 0 Å². The van der Waals surface area contributed by atoms with Gasteiger partial charge in [-0.1, -0.05) is 23.7 Å². The summed E-state index contributed by atoms with van der Waals surface area (Å²) in [6, 6.07) is 9.01. The molecule has 0 spiro atoms. The van der Waals surface area contributed by atoms with Crippen LogP contribution in [0.1, 0.15) is 51.5 Å². The summed E-state index contributed by atoms with van der Waals surface area (Å²) in [6.45, 7) is 1.69. The second-order valence-electron chi connectivity index (χ2n) is 7.61. The molecule has 4 aromatic rings. The Bertz CT molecular complexity index is 1480.